The van der Waals surface area contributed by atoms with E-state index in [1.807, 2.05) is 18.2 Å². The van der Waals surface area contributed by atoms with Crippen molar-refractivity contribution in [3.63, 3.8) is 0 Å². The number of likely N-dealkylation sites (tertiary alicyclic amines) is 1. The van der Waals surface area contributed by atoms with Crippen LogP contribution in [-0.2, 0) is 0 Å². The van der Waals surface area contributed by atoms with Gasteiger partial charge in [0.15, 0.2) is 0 Å². The van der Waals surface area contributed by atoms with Gasteiger partial charge in [-0.2, -0.15) is 0 Å². The second-order valence-electron chi connectivity index (χ2n) is 6.07. The summed E-state index contributed by atoms with van der Waals surface area (Å²) in [6.45, 7) is 2.85. The van der Waals surface area contributed by atoms with Crippen LogP contribution in [0.15, 0.2) is 47.2 Å². The van der Waals surface area contributed by atoms with E-state index in [1.165, 1.54) is 0 Å². The zero-order valence-corrected chi connectivity index (χ0v) is 14.8. The smallest absolute Gasteiger partial charge is 0.259 e. The van der Waals surface area contributed by atoms with Crippen LogP contribution in [-0.4, -0.2) is 45.1 Å². The van der Waals surface area contributed by atoms with E-state index >= 15 is 0 Å². The molecule has 3 heterocycles. The maximum absolute atomic E-state index is 12.9. The topological polar surface area (TPSA) is 84.2 Å². The van der Waals surface area contributed by atoms with Gasteiger partial charge in [0.25, 0.3) is 5.91 Å². The van der Waals surface area contributed by atoms with Crippen LogP contribution < -0.4 is 5.32 Å². The Kier molecular flexibility index (Phi) is 4.30. The Morgan fingerprint density at radius 3 is 2.69 bits per heavy atom. The lowest BCUT2D eigenvalue weighted by Crippen LogP contribution is -2.57. The molecule has 7 nitrogen and oxygen atoms in total. The molecular weight excluding hydrogens is 354 g/mol. The number of rotatable bonds is 4. The summed E-state index contributed by atoms with van der Waals surface area (Å²) >= 11 is 6.26. The molecule has 132 valence electrons. The lowest BCUT2D eigenvalue weighted by molar-refractivity contribution is 0.0623. The zero-order valence-electron chi connectivity index (χ0n) is 14.0. The quantitative estimate of drug-likeness (QED) is 0.761. The van der Waals surface area contributed by atoms with Crippen molar-refractivity contribution in [2.75, 3.05) is 18.4 Å². The van der Waals surface area contributed by atoms with Gasteiger partial charge in [-0.05, 0) is 19.1 Å². The first kappa shape index (κ1) is 16.5. The summed E-state index contributed by atoms with van der Waals surface area (Å²) in [7, 11) is 0. The lowest BCUT2D eigenvalue weighted by atomic mass is 10.0. The van der Waals surface area contributed by atoms with Crippen molar-refractivity contribution in [2.24, 2.45) is 0 Å². The number of hydrogen-bond acceptors (Lipinski definition) is 6. The van der Waals surface area contributed by atoms with Crippen LogP contribution >= 0.6 is 11.6 Å². The standard InChI is InChI=1S/C18H16ClN5O2/c1-11-15(16(23-26-11)13-5-2-3-6-14(13)19)17(25)24-9-12(10-24)22-18-20-7-4-8-21-18/h2-8,12H,9-10H2,1H3,(H,20,21,22). The van der Waals surface area contributed by atoms with Crippen LogP contribution in [0.3, 0.4) is 0 Å². The number of anilines is 1. The van der Waals surface area contributed by atoms with Crippen LogP contribution in [0.5, 0.6) is 0 Å². The first-order valence-electron chi connectivity index (χ1n) is 8.17. The number of nitrogens with zero attached hydrogens (tertiary/aromatic N) is 4. The molecule has 1 fully saturated rings. The third kappa shape index (κ3) is 3.01. The van der Waals surface area contributed by atoms with E-state index in [-0.39, 0.29) is 11.9 Å². The Balaban J connectivity index is 1.50. The van der Waals surface area contributed by atoms with Crippen molar-refractivity contribution in [3.8, 4) is 11.3 Å². The lowest BCUT2D eigenvalue weighted by Gasteiger charge is -2.39. The van der Waals surface area contributed by atoms with Crippen molar-refractivity contribution in [1.82, 2.24) is 20.0 Å². The minimum atomic E-state index is -0.120. The second kappa shape index (κ2) is 6.76. The highest BCUT2D eigenvalue weighted by molar-refractivity contribution is 6.33. The molecule has 1 aliphatic rings. The number of benzene rings is 1. The number of carbonyl (C=O) groups is 1. The summed E-state index contributed by atoms with van der Waals surface area (Å²) in [5, 5.41) is 7.78. The molecule has 2 aromatic heterocycles. The van der Waals surface area contributed by atoms with Crippen molar-refractivity contribution < 1.29 is 9.32 Å². The Hall–Kier alpha value is -2.93. The fourth-order valence-electron chi connectivity index (χ4n) is 2.91. The summed E-state index contributed by atoms with van der Waals surface area (Å²) in [6, 6.07) is 9.14. The number of carbonyl (C=O) groups excluding carboxylic acids is 1. The molecule has 0 aliphatic carbocycles. The van der Waals surface area contributed by atoms with Gasteiger partial charge in [0.05, 0.1) is 11.1 Å². The predicted molar refractivity (Wildman–Crippen MR) is 97.0 cm³/mol. The molecular formula is C18H16ClN5O2. The molecule has 1 saturated heterocycles. The average Bonchev–Trinajstić information content (AvgIpc) is 3.00. The Labute approximate surface area is 155 Å². The highest BCUT2D eigenvalue weighted by Gasteiger charge is 2.35. The van der Waals surface area contributed by atoms with Crippen LogP contribution in [0, 0.1) is 6.92 Å². The first-order valence-corrected chi connectivity index (χ1v) is 8.55. The number of nitrogens with one attached hydrogen (secondary N) is 1. The van der Waals surface area contributed by atoms with Gasteiger partial charge in [-0.15, -0.1) is 0 Å². The van der Waals surface area contributed by atoms with Gasteiger partial charge in [0, 0.05) is 31.0 Å². The summed E-state index contributed by atoms with van der Waals surface area (Å²) < 4.78 is 5.28. The minimum absolute atomic E-state index is 0.116. The molecule has 1 aliphatic heterocycles. The predicted octanol–water partition coefficient (Wildman–Crippen LogP) is 3.03. The molecule has 8 heteroatoms. The molecule has 1 N–H and O–H groups in total. The van der Waals surface area contributed by atoms with Crippen molar-refractivity contribution in [1.29, 1.82) is 0 Å². The molecule has 0 saturated carbocycles. The minimum Gasteiger partial charge on any atom is -0.360 e. The molecule has 26 heavy (non-hydrogen) atoms. The van der Waals surface area contributed by atoms with E-state index in [1.54, 1.807) is 36.4 Å². The van der Waals surface area contributed by atoms with Crippen LogP contribution in [0.4, 0.5) is 5.95 Å². The Morgan fingerprint density at radius 1 is 1.23 bits per heavy atom. The van der Waals surface area contributed by atoms with E-state index in [9.17, 15) is 4.79 Å². The van der Waals surface area contributed by atoms with E-state index in [0.717, 1.165) is 0 Å². The normalized spacial score (nSPS) is 14.2. The molecule has 3 aromatic rings. The summed E-state index contributed by atoms with van der Waals surface area (Å²) in [5.74, 6) is 0.918. The van der Waals surface area contributed by atoms with Crippen LogP contribution in [0.25, 0.3) is 11.3 Å². The van der Waals surface area contributed by atoms with Gasteiger partial charge in [0.2, 0.25) is 5.95 Å². The SMILES string of the molecule is Cc1onc(-c2ccccc2Cl)c1C(=O)N1CC(Nc2ncccn2)C1. The molecule has 0 spiro atoms. The zero-order chi connectivity index (χ0) is 18.1. The van der Waals surface area contributed by atoms with Gasteiger partial charge in [-0.1, -0.05) is 35.0 Å². The van der Waals surface area contributed by atoms with E-state index in [4.69, 9.17) is 16.1 Å². The molecule has 1 aromatic carbocycles. The monoisotopic (exact) mass is 369 g/mol. The molecule has 0 radical (unpaired) electrons. The third-order valence-corrected chi connectivity index (χ3v) is 4.60. The number of hydrogen-bond donors (Lipinski definition) is 1. The number of amides is 1. The number of aromatic nitrogens is 3. The van der Waals surface area contributed by atoms with E-state index in [0.29, 0.717) is 46.6 Å². The van der Waals surface area contributed by atoms with Gasteiger partial charge in [-0.25, -0.2) is 9.97 Å². The Bertz CT molecular complexity index is 938. The maximum atomic E-state index is 12.9. The van der Waals surface area contributed by atoms with Gasteiger partial charge in [-0.3, -0.25) is 4.79 Å². The number of halogens is 1. The van der Waals surface area contributed by atoms with Crippen molar-refractivity contribution >= 4 is 23.5 Å². The van der Waals surface area contributed by atoms with E-state index < -0.39 is 0 Å². The van der Waals surface area contributed by atoms with Gasteiger partial charge in [0.1, 0.15) is 17.0 Å². The molecule has 1 amide bonds. The third-order valence-electron chi connectivity index (χ3n) is 4.27. The fourth-order valence-corrected chi connectivity index (χ4v) is 3.14. The van der Waals surface area contributed by atoms with Gasteiger partial charge < -0.3 is 14.7 Å². The molecule has 0 unspecified atom stereocenters. The summed E-state index contributed by atoms with van der Waals surface area (Å²) in [4.78, 5) is 22.9. The Morgan fingerprint density at radius 2 is 1.96 bits per heavy atom. The largest absolute Gasteiger partial charge is 0.360 e. The summed E-state index contributed by atoms with van der Waals surface area (Å²) in [6.07, 6.45) is 3.35. The van der Waals surface area contributed by atoms with Crippen LogP contribution in [0.2, 0.25) is 5.02 Å². The van der Waals surface area contributed by atoms with Crippen LogP contribution in [0.1, 0.15) is 16.1 Å². The van der Waals surface area contributed by atoms with Crippen molar-refractivity contribution in [2.45, 2.75) is 13.0 Å². The van der Waals surface area contributed by atoms with Crippen molar-refractivity contribution in [3.05, 3.63) is 59.1 Å². The van der Waals surface area contributed by atoms with E-state index in [2.05, 4.69) is 20.4 Å². The first-order chi connectivity index (χ1) is 12.6. The fraction of sp³-hybridized carbons (Fsp3) is 0.222. The average molecular weight is 370 g/mol. The highest BCUT2D eigenvalue weighted by Crippen LogP contribution is 2.32. The molecule has 0 atom stereocenters. The molecule has 0 bridgehead atoms. The highest BCUT2D eigenvalue weighted by atomic mass is 35.5. The molecule has 4 rings (SSSR count). The maximum Gasteiger partial charge on any atom is 0.259 e. The summed E-state index contributed by atoms with van der Waals surface area (Å²) in [5.41, 5.74) is 1.61. The van der Waals surface area contributed by atoms with Gasteiger partial charge >= 0.3 is 0 Å². The number of aryl methyl sites for hydroxylation is 1. The second-order valence-corrected chi connectivity index (χ2v) is 6.47.